The minimum Gasteiger partial charge on any atom is -0.478 e. The molecule has 0 amide bonds. The second-order valence-electron chi connectivity index (χ2n) is 1.71. The van der Waals surface area contributed by atoms with Gasteiger partial charge in [0.15, 0.2) is 0 Å². The van der Waals surface area contributed by atoms with Crippen LogP contribution in [-0.2, 0) is 0 Å². The van der Waals surface area contributed by atoms with Crippen molar-refractivity contribution in [1.82, 2.24) is 5.16 Å². The van der Waals surface area contributed by atoms with Crippen LogP contribution in [0.25, 0.3) is 0 Å². The van der Waals surface area contributed by atoms with Gasteiger partial charge in [-0.2, -0.15) is 0 Å². The highest BCUT2D eigenvalue weighted by atomic mass is 19.3. The lowest BCUT2D eigenvalue weighted by Gasteiger charge is -1.91. The molecule has 6 heteroatoms. The molecule has 0 unspecified atom stereocenters. The van der Waals surface area contributed by atoms with Crippen LogP contribution in [0.15, 0.2) is 10.7 Å². The Morgan fingerprint density at radius 3 is 2.73 bits per heavy atom. The lowest BCUT2D eigenvalue weighted by atomic mass is 10.3. The van der Waals surface area contributed by atoms with Crippen molar-refractivity contribution >= 4 is 5.97 Å². The second kappa shape index (κ2) is 2.65. The maximum Gasteiger partial charge on any atom is 0.341 e. The number of aromatic carboxylic acids is 1. The fraction of sp³-hybridized carbons (Fsp3) is 0.200. The van der Waals surface area contributed by atoms with Gasteiger partial charge in [-0.3, -0.25) is 0 Å². The first-order valence-corrected chi connectivity index (χ1v) is 2.59. The smallest absolute Gasteiger partial charge is 0.341 e. The van der Waals surface area contributed by atoms with Gasteiger partial charge in [0.2, 0.25) is 5.76 Å². The van der Waals surface area contributed by atoms with Crippen LogP contribution in [0.1, 0.15) is 22.5 Å². The van der Waals surface area contributed by atoms with Crippen molar-refractivity contribution < 1.29 is 23.2 Å². The van der Waals surface area contributed by atoms with Crippen molar-refractivity contribution in [3.8, 4) is 0 Å². The zero-order valence-electron chi connectivity index (χ0n) is 5.12. The van der Waals surface area contributed by atoms with Crippen molar-refractivity contribution in [1.29, 1.82) is 0 Å². The molecule has 0 aromatic carbocycles. The van der Waals surface area contributed by atoms with E-state index in [0.29, 0.717) is 0 Å². The number of alkyl halides is 2. The van der Waals surface area contributed by atoms with Crippen LogP contribution in [0.4, 0.5) is 8.78 Å². The summed E-state index contributed by atoms with van der Waals surface area (Å²) in [5.74, 6) is -2.38. The number of carboxylic acids is 1. The molecule has 0 bridgehead atoms. The molecule has 0 atom stereocenters. The molecule has 0 saturated heterocycles. The van der Waals surface area contributed by atoms with Crippen LogP contribution in [-0.4, -0.2) is 16.2 Å². The third-order valence-electron chi connectivity index (χ3n) is 1.03. The van der Waals surface area contributed by atoms with Crippen molar-refractivity contribution in [2.45, 2.75) is 6.43 Å². The Kier molecular flexibility index (Phi) is 1.84. The van der Waals surface area contributed by atoms with Gasteiger partial charge in [0.05, 0.1) is 6.20 Å². The predicted molar refractivity (Wildman–Crippen MR) is 28.4 cm³/mol. The van der Waals surface area contributed by atoms with E-state index in [2.05, 4.69) is 9.68 Å². The molecule has 60 valence electrons. The maximum atomic E-state index is 11.8. The lowest BCUT2D eigenvalue weighted by Crippen LogP contribution is -1.98. The normalized spacial score (nSPS) is 10.5. The molecule has 1 aromatic rings. The van der Waals surface area contributed by atoms with E-state index < -0.39 is 23.7 Å². The number of rotatable bonds is 2. The number of carboxylic acid groups (broad SMARTS) is 1. The van der Waals surface area contributed by atoms with Gasteiger partial charge in [-0.15, -0.1) is 0 Å². The molecule has 1 rings (SSSR count). The summed E-state index contributed by atoms with van der Waals surface area (Å²) in [5.41, 5.74) is -0.597. The van der Waals surface area contributed by atoms with Gasteiger partial charge in [-0.25, -0.2) is 13.6 Å². The highest BCUT2D eigenvalue weighted by molar-refractivity contribution is 5.88. The highest BCUT2D eigenvalue weighted by Gasteiger charge is 2.22. The molecule has 1 heterocycles. The van der Waals surface area contributed by atoms with Crippen LogP contribution >= 0.6 is 0 Å². The number of nitrogens with zero attached hydrogens (tertiary/aromatic N) is 1. The average Bonchev–Trinajstić information content (AvgIpc) is 2.32. The molecule has 0 radical (unpaired) electrons. The van der Waals surface area contributed by atoms with Crippen molar-refractivity contribution in [3.63, 3.8) is 0 Å². The van der Waals surface area contributed by atoms with E-state index in [1.807, 2.05) is 0 Å². The molecule has 0 spiro atoms. The van der Waals surface area contributed by atoms with Crippen molar-refractivity contribution in [2.75, 3.05) is 0 Å². The first-order valence-electron chi connectivity index (χ1n) is 2.59. The standard InChI is InChI=1S/C5H3F2NO3/c6-4(7)3-2(5(9)10)1-8-11-3/h1,4H,(H,9,10). The molecular weight excluding hydrogens is 160 g/mol. The van der Waals surface area contributed by atoms with E-state index in [1.165, 1.54) is 0 Å². The fourth-order valence-electron chi connectivity index (χ4n) is 0.567. The first kappa shape index (κ1) is 7.64. The summed E-state index contributed by atoms with van der Waals surface area (Å²) in [6, 6.07) is 0. The Hall–Kier alpha value is -1.46. The van der Waals surface area contributed by atoms with Gasteiger partial charge in [0.1, 0.15) is 5.56 Å². The summed E-state index contributed by atoms with van der Waals surface area (Å²) < 4.78 is 27.7. The van der Waals surface area contributed by atoms with Gasteiger partial charge >= 0.3 is 5.97 Å². The quantitative estimate of drug-likeness (QED) is 0.713. The lowest BCUT2D eigenvalue weighted by molar-refractivity contribution is 0.0670. The van der Waals surface area contributed by atoms with Crippen LogP contribution in [0.3, 0.4) is 0 Å². The Bertz CT molecular complexity index is 270. The van der Waals surface area contributed by atoms with Crippen molar-refractivity contribution in [2.24, 2.45) is 0 Å². The van der Waals surface area contributed by atoms with Gasteiger partial charge in [-0.1, -0.05) is 5.16 Å². The van der Waals surface area contributed by atoms with Crippen LogP contribution in [0, 0.1) is 0 Å². The van der Waals surface area contributed by atoms with E-state index in [-0.39, 0.29) is 0 Å². The van der Waals surface area contributed by atoms with E-state index >= 15 is 0 Å². The number of carbonyl (C=O) groups is 1. The summed E-state index contributed by atoms with van der Waals surface area (Å²) >= 11 is 0. The summed E-state index contributed by atoms with van der Waals surface area (Å²) in [4.78, 5) is 10.2. The topological polar surface area (TPSA) is 63.3 Å². The van der Waals surface area contributed by atoms with Crippen molar-refractivity contribution in [3.05, 3.63) is 17.5 Å². The Balaban J connectivity index is 3.06. The number of halogens is 2. The van der Waals surface area contributed by atoms with Gasteiger partial charge in [-0.05, 0) is 0 Å². The second-order valence-corrected chi connectivity index (χ2v) is 1.71. The Labute approximate surface area is 59.4 Å². The number of aromatic nitrogens is 1. The van der Waals surface area contributed by atoms with E-state index in [1.54, 1.807) is 0 Å². The zero-order valence-corrected chi connectivity index (χ0v) is 5.12. The molecular formula is C5H3F2NO3. The first-order chi connectivity index (χ1) is 5.13. The molecule has 0 aliphatic carbocycles. The summed E-state index contributed by atoms with van der Waals surface area (Å²) in [6.07, 6.45) is -2.20. The van der Waals surface area contributed by atoms with E-state index in [9.17, 15) is 13.6 Å². The Morgan fingerprint density at radius 2 is 2.36 bits per heavy atom. The molecule has 0 aliphatic rings. The molecule has 0 fully saturated rings. The average molecular weight is 163 g/mol. The number of hydrogen-bond donors (Lipinski definition) is 1. The van der Waals surface area contributed by atoms with Crippen LogP contribution < -0.4 is 0 Å². The minimum atomic E-state index is -2.94. The molecule has 0 saturated carbocycles. The third kappa shape index (κ3) is 1.34. The largest absolute Gasteiger partial charge is 0.478 e. The number of hydrogen-bond acceptors (Lipinski definition) is 3. The maximum absolute atomic E-state index is 11.8. The third-order valence-corrected chi connectivity index (χ3v) is 1.03. The fourth-order valence-corrected chi connectivity index (χ4v) is 0.567. The monoisotopic (exact) mass is 163 g/mol. The predicted octanol–water partition coefficient (Wildman–Crippen LogP) is 1.31. The SMILES string of the molecule is O=C(O)c1cnoc1C(F)F. The zero-order chi connectivity index (χ0) is 8.43. The molecule has 1 aromatic heterocycles. The van der Waals surface area contributed by atoms with Gasteiger partial charge in [0.25, 0.3) is 6.43 Å². The van der Waals surface area contributed by atoms with Crippen LogP contribution in [0.2, 0.25) is 0 Å². The minimum absolute atomic E-state index is 0.597. The highest BCUT2D eigenvalue weighted by Crippen LogP contribution is 2.21. The van der Waals surface area contributed by atoms with E-state index in [0.717, 1.165) is 6.20 Å². The summed E-state index contributed by atoms with van der Waals surface area (Å²) in [5, 5.41) is 11.2. The van der Waals surface area contributed by atoms with Gasteiger partial charge < -0.3 is 9.63 Å². The van der Waals surface area contributed by atoms with Gasteiger partial charge in [0, 0.05) is 0 Å². The van der Waals surface area contributed by atoms with Crippen LogP contribution in [0.5, 0.6) is 0 Å². The molecule has 1 N–H and O–H groups in total. The molecule has 0 aliphatic heterocycles. The Morgan fingerprint density at radius 1 is 1.73 bits per heavy atom. The summed E-state index contributed by atoms with van der Waals surface area (Å²) in [6.45, 7) is 0. The molecule has 11 heavy (non-hydrogen) atoms. The van der Waals surface area contributed by atoms with E-state index in [4.69, 9.17) is 5.11 Å². The molecule has 4 nitrogen and oxygen atoms in total. The summed E-state index contributed by atoms with van der Waals surface area (Å²) in [7, 11) is 0.